The predicted octanol–water partition coefficient (Wildman–Crippen LogP) is 5.68. The lowest BCUT2D eigenvalue weighted by atomic mass is 9.50. The molecule has 1 aromatic carbocycles. The van der Waals surface area contributed by atoms with Crippen molar-refractivity contribution in [1.29, 1.82) is 0 Å². The minimum Gasteiger partial charge on any atom is -0.493 e. The Hall–Kier alpha value is -1.09. The highest BCUT2D eigenvalue weighted by molar-refractivity contribution is 6.67. The molecule has 2 nitrogen and oxygen atoms in total. The summed E-state index contributed by atoms with van der Waals surface area (Å²) in [5, 5.41) is -0.730. The molecule has 0 spiro atoms. The number of ether oxygens (including phenoxy) is 1. The fraction of sp³-hybridized carbons (Fsp3) is 0.667. The summed E-state index contributed by atoms with van der Waals surface area (Å²) >= 11 is 5.53. The topological polar surface area (TPSA) is 26.3 Å². The smallest absolute Gasteiger partial charge is 0.255 e. The minimum atomic E-state index is -0.730. The number of carbonyl (C=O) groups excluding carboxylic acids is 1. The van der Waals surface area contributed by atoms with Gasteiger partial charge in [-0.3, -0.25) is 4.79 Å². The van der Waals surface area contributed by atoms with E-state index < -0.39 is 11.1 Å². The largest absolute Gasteiger partial charge is 0.493 e. The molecular formula is C21H24ClFO2. The van der Waals surface area contributed by atoms with E-state index in [0.29, 0.717) is 23.7 Å². The van der Waals surface area contributed by atoms with Gasteiger partial charge in [-0.25, -0.2) is 4.39 Å². The Morgan fingerprint density at radius 3 is 2.24 bits per heavy atom. The third-order valence-electron chi connectivity index (χ3n) is 7.03. The van der Waals surface area contributed by atoms with Gasteiger partial charge in [-0.2, -0.15) is 0 Å². The summed E-state index contributed by atoms with van der Waals surface area (Å²) in [6.45, 7) is 0.698. The van der Waals surface area contributed by atoms with Crippen molar-refractivity contribution in [1.82, 2.24) is 0 Å². The number of halogens is 2. The average molecular weight is 363 g/mol. The molecule has 5 aliphatic carbocycles. The SMILES string of the molecule is O=C(Cl)c1cc(C2CC2)c(OCC23CC4CC(CC(C4)C2)C3)cc1F. The van der Waals surface area contributed by atoms with E-state index in [1.807, 2.05) is 0 Å². The van der Waals surface area contributed by atoms with Crippen LogP contribution in [0.2, 0.25) is 0 Å². The van der Waals surface area contributed by atoms with Gasteiger partial charge in [0.1, 0.15) is 11.6 Å². The zero-order valence-corrected chi connectivity index (χ0v) is 15.2. The first-order chi connectivity index (χ1) is 12.0. The van der Waals surface area contributed by atoms with Gasteiger partial charge in [0.15, 0.2) is 0 Å². The van der Waals surface area contributed by atoms with Crippen LogP contribution in [0.4, 0.5) is 4.39 Å². The first-order valence-electron chi connectivity index (χ1n) is 9.67. The van der Waals surface area contributed by atoms with Crippen molar-refractivity contribution in [2.75, 3.05) is 6.61 Å². The molecule has 5 saturated carbocycles. The minimum absolute atomic E-state index is 0.0225. The van der Waals surface area contributed by atoms with Crippen LogP contribution in [0.25, 0.3) is 0 Å². The fourth-order valence-corrected chi connectivity index (χ4v) is 6.40. The van der Waals surface area contributed by atoms with Gasteiger partial charge in [-0.15, -0.1) is 0 Å². The molecule has 0 heterocycles. The van der Waals surface area contributed by atoms with E-state index >= 15 is 0 Å². The molecule has 0 aromatic heterocycles. The lowest BCUT2D eigenvalue weighted by Gasteiger charge is -2.56. The molecule has 25 heavy (non-hydrogen) atoms. The highest BCUT2D eigenvalue weighted by Crippen LogP contribution is 2.60. The molecule has 5 aliphatic rings. The van der Waals surface area contributed by atoms with Crippen molar-refractivity contribution in [2.24, 2.45) is 23.2 Å². The Labute approximate surface area is 153 Å². The Kier molecular flexibility index (Phi) is 3.68. The molecule has 0 radical (unpaired) electrons. The molecule has 0 atom stereocenters. The lowest BCUT2D eigenvalue weighted by Crippen LogP contribution is -2.48. The second-order valence-corrected chi connectivity index (χ2v) is 9.47. The predicted molar refractivity (Wildman–Crippen MR) is 94.7 cm³/mol. The molecule has 0 unspecified atom stereocenters. The van der Waals surface area contributed by atoms with Crippen molar-refractivity contribution in [3.05, 3.63) is 29.1 Å². The summed E-state index contributed by atoms with van der Waals surface area (Å²) in [7, 11) is 0. The summed E-state index contributed by atoms with van der Waals surface area (Å²) in [6.07, 6.45) is 10.2. The van der Waals surface area contributed by atoms with E-state index in [4.69, 9.17) is 16.3 Å². The van der Waals surface area contributed by atoms with E-state index in [1.54, 1.807) is 6.07 Å². The monoisotopic (exact) mass is 362 g/mol. The third kappa shape index (κ3) is 2.89. The zero-order valence-electron chi connectivity index (χ0n) is 14.4. The van der Waals surface area contributed by atoms with E-state index in [9.17, 15) is 9.18 Å². The van der Waals surface area contributed by atoms with Gasteiger partial charge in [-0.05, 0) is 98.3 Å². The van der Waals surface area contributed by atoms with Gasteiger partial charge in [0.05, 0.1) is 12.2 Å². The molecule has 4 bridgehead atoms. The van der Waals surface area contributed by atoms with E-state index in [2.05, 4.69) is 0 Å². The zero-order chi connectivity index (χ0) is 17.2. The molecule has 0 amide bonds. The van der Waals surface area contributed by atoms with Crippen LogP contribution in [-0.4, -0.2) is 11.8 Å². The highest BCUT2D eigenvalue weighted by Gasteiger charge is 2.51. The highest BCUT2D eigenvalue weighted by atomic mass is 35.5. The summed E-state index contributed by atoms with van der Waals surface area (Å²) in [5.74, 6) is 3.10. The standard InChI is InChI=1S/C21H24ClFO2/c22-20(24)17-6-16(15-1-2-15)19(7-18(17)23)25-11-21-8-12-3-13(9-21)5-14(4-12)10-21/h6-7,12-15H,1-5,8-11H2. The van der Waals surface area contributed by atoms with Crippen molar-refractivity contribution in [2.45, 2.75) is 57.3 Å². The number of carbonyl (C=O) groups is 1. The second-order valence-electron chi connectivity index (χ2n) is 9.12. The third-order valence-corrected chi connectivity index (χ3v) is 7.23. The van der Waals surface area contributed by atoms with Crippen molar-refractivity contribution < 1.29 is 13.9 Å². The quantitative estimate of drug-likeness (QED) is 0.630. The van der Waals surface area contributed by atoms with Crippen LogP contribution in [0.3, 0.4) is 0 Å². The maximum absolute atomic E-state index is 14.3. The van der Waals surface area contributed by atoms with Gasteiger partial charge >= 0.3 is 0 Å². The van der Waals surface area contributed by atoms with Crippen LogP contribution in [-0.2, 0) is 0 Å². The van der Waals surface area contributed by atoms with Crippen LogP contribution in [0, 0.1) is 29.0 Å². The van der Waals surface area contributed by atoms with Gasteiger partial charge in [0, 0.05) is 11.5 Å². The van der Waals surface area contributed by atoms with Crippen molar-refractivity contribution >= 4 is 16.8 Å². The summed E-state index contributed by atoms with van der Waals surface area (Å²) in [5.41, 5.74) is 1.24. The average Bonchev–Trinajstić information content (AvgIpc) is 3.36. The van der Waals surface area contributed by atoms with Crippen LogP contribution in [0.1, 0.15) is 73.2 Å². The summed E-state index contributed by atoms with van der Waals surface area (Å²) in [6, 6.07) is 3.02. The molecule has 134 valence electrons. The first-order valence-corrected chi connectivity index (χ1v) is 10.1. The van der Waals surface area contributed by atoms with Gasteiger partial charge in [0.2, 0.25) is 0 Å². The Morgan fingerprint density at radius 1 is 1.12 bits per heavy atom. The molecule has 5 fully saturated rings. The van der Waals surface area contributed by atoms with E-state index in [0.717, 1.165) is 36.2 Å². The van der Waals surface area contributed by atoms with Crippen molar-refractivity contribution in [3.63, 3.8) is 0 Å². The lowest BCUT2D eigenvalue weighted by molar-refractivity contribution is -0.0746. The maximum atomic E-state index is 14.3. The van der Waals surface area contributed by atoms with E-state index in [1.165, 1.54) is 44.6 Å². The molecular weight excluding hydrogens is 339 g/mol. The first kappa shape index (κ1) is 16.1. The molecule has 4 heteroatoms. The Bertz CT molecular complexity index is 690. The Morgan fingerprint density at radius 2 is 1.72 bits per heavy atom. The molecule has 0 aliphatic heterocycles. The molecule has 6 rings (SSSR count). The van der Waals surface area contributed by atoms with Crippen LogP contribution in [0.15, 0.2) is 12.1 Å². The van der Waals surface area contributed by atoms with Gasteiger partial charge in [-0.1, -0.05) is 0 Å². The van der Waals surface area contributed by atoms with Gasteiger partial charge < -0.3 is 4.74 Å². The number of rotatable bonds is 5. The maximum Gasteiger partial charge on any atom is 0.255 e. The van der Waals surface area contributed by atoms with Crippen LogP contribution < -0.4 is 4.74 Å². The van der Waals surface area contributed by atoms with E-state index in [-0.39, 0.29) is 5.56 Å². The van der Waals surface area contributed by atoms with Crippen LogP contribution >= 0.6 is 11.6 Å². The number of hydrogen-bond donors (Lipinski definition) is 0. The summed E-state index contributed by atoms with van der Waals surface area (Å²) < 4.78 is 20.5. The number of hydrogen-bond acceptors (Lipinski definition) is 2. The molecule has 1 aromatic rings. The normalized spacial score (nSPS) is 35.8. The fourth-order valence-electron chi connectivity index (χ4n) is 6.26. The van der Waals surface area contributed by atoms with Crippen molar-refractivity contribution in [3.8, 4) is 5.75 Å². The molecule has 0 saturated heterocycles. The van der Waals surface area contributed by atoms with Gasteiger partial charge in [0.25, 0.3) is 5.24 Å². The van der Waals surface area contributed by atoms with Crippen LogP contribution in [0.5, 0.6) is 5.75 Å². The second kappa shape index (κ2) is 5.70. The summed E-state index contributed by atoms with van der Waals surface area (Å²) in [4.78, 5) is 11.4. The number of benzene rings is 1. The Balaban J connectivity index is 1.39. The molecule has 0 N–H and O–H groups in total.